The summed E-state index contributed by atoms with van der Waals surface area (Å²) in [7, 11) is 0. The molecule has 2 aromatic carbocycles. The van der Waals surface area contributed by atoms with Gasteiger partial charge in [0, 0.05) is 39.2 Å². The molecule has 0 spiro atoms. The Morgan fingerprint density at radius 3 is 2.45 bits per heavy atom. The number of pyridine rings is 1. The van der Waals surface area contributed by atoms with E-state index < -0.39 is 18.5 Å². The van der Waals surface area contributed by atoms with Gasteiger partial charge >= 0.3 is 5.97 Å². The number of benzene rings is 2. The largest absolute Gasteiger partial charge is 0.455 e. The molecule has 0 radical (unpaired) electrons. The van der Waals surface area contributed by atoms with E-state index in [4.69, 9.17) is 33.0 Å². The molecule has 3 aromatic rings. The van der Waals surface area contributed by atoms with Crippen molar-refractivity contribution >= 4 is 62.8 Å². The van der Waals surface area contributed by atoms with Crippen molar-refractivity contribution in [1.29, 1.82) is 0 Å². The predicted molar refractivity (Wildman–Crippen MR) is 159 cm³/mol. The SMILES string of the molecule is O=C(CCn1cc(Br)ccc1=O)OCC(=O)N1N=C2/C(=C\c3ccc(Cl)cc3)CCCC2C1c1ccc(Cl)cc1. The minimum atomic E-state index is -0.573. The second-order valence-corrected chi connectivity index (χ2v) is 11.5. The lowest BCUT2D eigenvalue weighted by Crippen LogP contribution is -2.34. The molecule has 0 saturated heterocycles. The minimum Gasteiger partial charge on any atom is -0.455 e. The molecule has 2 unspecified atom stereocenters. The van der Waals surface area contributed by atoms with Crippen LogP contribution in [0.5, 0.6) is 0 Å². The fourth-order valence-electron chi connectivity index (χ4n) is 5.13. The first-order chi connectivity index (χ1) is 19.3. The van der Waals surface area contributed by atoms with Crippen molar-refractivity contribution in [3.8, 4) is 0 Å². The number of aromatic nitrogens is 1. The lowest BCUT2D eigenvalue weighted by Gasteiger charge is -2.29. The molecule has 2 heterocycles. The number of hydrazone groups is 1. The average Bonchev–Trinajstić information content (AvgIpc) is 3.34. The third-order valence-corrected chi connectivity index (χ3v) is 8.01. The quantitative estimate of drug-likeness (QED) is 0.270. The van der Waals surface area contributed by atoms with Crippen LogP contribution >= 0.6 is 39.1 Å². The van der Waals surface area contributed by atoms with Crippen molar-refractivity contribution in [1.82, 2.24) is 9.58 Å². The lowest BCUT2D eigenvalue weighted by molar-refractivity contribution is -0.153. The summed E-state index contributed by atoms with van der Waals surface area (Å²) in [5.74, 6) is -0.993. The minimum absolute atomic E-state index is 0.00321. The molecular formula is C30H26BrCl2N3O4. The molecular weight excluding hydrogens is 617 g/mol. The zero-order chi connectivity index (χ0) is 28.2. The third-order valence-electron chi connectivity index (χ3n) is 7.04. The van der Waals surface area contributed by atoms with Crippen molar-refractivity contribution in [2.24, 2.45) is 11.0 Å². The van der Waals surface area contributed by atoms with Crippen molar-refractivity contribution in [3.05, 3.63) is 108 Å². The highest BCUT2D eigenvalue weighted by Crippen LogP contribution is 2.44. The van der Waals surface area contributed by atoms with Gasteiger partial charge in [-0.25, -0.2) is 5.01 Å². The van der Waals surface area contributed by atoms with Gasteiger partial charge in [-0.3, -0.25) is 14.4 Å². The monoisotopic (exact) mass is 641 g/mol. The zero-order valence-corrected chi connectivity index (χ0v) is 24.5. The molecule has 7 nitrogen and oxygen atoms in total. The molecule has 1 aliphatic carbocycles. The Balaban J connectivity index is 1.34. The Morgan fingerprint density at radius 1 is 1.02 bits per heavy atom. The summed E-state index contributed by atoms with van der Waals surface area (Å²) < 4.78 is 7.46. The number of fused-ring (bicyclic) bond motifs is 1. The van der Waals surface area contributed by atoms with Gasteiger partial charge in [0.05, 0.1) is 18.2 Å². The van der Waals surface area contributed by atoms with Crippen molar-refractivity contribution < 1.29 is 14.3 Å². The predicted octanol–water partition coefficient (Wildman–Crippen LogP) is 6.67. The number of amides is 1. The van der Waals surface area contributed by atoms with Crippen LogP contribution in [0.3, 0.4) is 0 Å². The van der Waals surface area contributed by atoms with Crippen LogP contribution in [-0.4, -0.2) is 33.8 Å². The molecule has 1 amide bonds. The van der Waals surface area contributed by atoms with Gasteiger partial charge in [-0.15, -0.1) is 0 Å². The van der Waals surface area contributed by atoms with Crippen LogP contribution in [0.2, 0.25) is 10.0 Å². The second-order valence-electron chi connectivity index (χ2n) is 9.73. The average molecular weight is 643 g/mol. The van der Waals surface area contributed by atoms with Gasteiger partial charge in [-0.1, -0.05) is 47.5 Å². The number of allylic oxidation sites excluding steroid dienone is 1. The van der Waals surface area contributed by atoms with E-state index in [2.05, 4.69) is 22.0 Å². The highest BCUT2D eigenvalue weighted by atomic mass is 79.9. The molecule has 1 saturated carbocycles. The van der Waals surface area contributed by atoms with Gasteiger partial charge < -0.3 is 9.30 Å². The Hall–Kier alpha value is -3.20. The summed E-state index contributed by atoms with van der Waals surface area (Å²) in [6.07, 6.45) is 6.33. The number of carbonyl (C=O) groups excluding carboxylic acids is 2. The smallest absolute Gasteiger partial charge is 0.308 e. The van der Waals surface area contributed by atoms with Crippen LogP contribution in [-0.2, 0) is 20.9 Å². The maximum atomic E-state index is 13.4. The number of aryl methyl sites for hydroxylation is 1. The number of rotatable bonds is 7. The van der Waals surface area contributed by atoms with E-state index in [0.717, 1.165) is 46.1 Å². The van der Waals surface area contributed by atoms with E-state index in [9.17, 15) is 14.4 Å². The lowest BCUT2D eigenvalue weighted by atomic mass is 9.77. The van der Waals surface area contributed by atoms with Crippen LogP contribution < -0.4 is 5.56 Å². The van der Waals surface area contributed by atoms with E-state index in [1.807, 2.05) is 36.4 Å². The maximum absolute atomic E-state index is 13.4. The highest BCUT2D eigenvalue weighted by molar-refractivity contribution is 9.10. The fourth-order valence-corrected chi connectivity index (χ4v) is 5.76. The molecule has 206 valence electrons. The summed E-state index contributed by atoms with van der Waals surface area (Å²) in [5, 5.41) is 7.53. The van der Waals surface area contributed by atoms with Gasteiger partial charge in [0.25, 0.3) is 11.5 Å². The first kappa shape index (κ1) is 28.3. The normalized spacial score (nSPS) is 19.3. The number of carbonyl (C=O) groups is 2. The molecule has 2 aliphatic rings. The van der Waals surface area contributed by atoms with E-state index in [1.165, 1.54) is 15.6 Å². The second kappa shape index (κ2) is 12.5. The molecule has 5 rings (SSSR count). The van der Waals surface area contributed by atoms with Crippen molar-refractivity contribution in [3.63, 3.8) is 0 Å². The molecule has 1 aliphatic heterocycles. The summed E-state index contributed by atoms with van der Waals surface area (Å²) in [6.45, 7) is -0.304. The number of hydrogen-bond acceptors (Lipinski definition) is 5. The van der Waals surface area contributed by atoms with Crippen LogP contribution in [0.25, 0.3) is 6.08 Å². The fraction of sp³-hybridized carbons (Fsp3) is 0.267. The van der Waals surface area contributed by atoms with Crippen LogP contribution in [0, 0.1) is 5.92 Å². The van der Waals surface area contributed by atoms with Gasteiger partial charge in [-0.2, -0.15) is 5.10 Å². The summed E-state index contributed by atoms with van der Waals surface area (Å²) in [6, 6.07) is 17.7. The van der Waals surface area contributed by atoms with Crippen LogP contribution in [0.15, 0.2) is 86.8 Å². The van der Waals surface area contributed by atoms with E-state index >= 15 is 0 Å². The zero-order valence-electron chi connectivity index (χ0n) is 21.4. The molecule has 40 heavy (non-hydrogen) atoms. The number of ether oxygens (including phenoxy) is 1. The molecule has 1 aromatic heterocycles. The van der Waals surface area contributed by atoms with Crippen LogP contribution in [0.4, 0.5) is 0 Å². The number of halogens is 3. The molecule has 0 bridgehead atoms. The van der Waals surface area contributed by atoms with Crippen LogP contribution in [0.1, 0.15) is 42.9 Å². The topological polar surface area (TPSA) is 81.0 Å². The standard InChI is InChI=1S/C30H26BrCl2N3O4/c31-22-8-13-26(37)35(17-22)15-14-28(39)40-18-27(38)36-30(20-6-11-24(33)12-7-20)25-3-1-2-21(29(25)34-36)16-19-4-9-23(32)10-5-19/h4-13,16-17,25,30H,1-3,14-15,18H2/b21-16-. The molecule has 2 atom stereocenters. The highest BCUT2D eigenvalue weighted by Gasteiger charge is 2.43. The molecule has 10 heteroatoms. The van der Waals surface area contributed by atoms with Gasteiger partial charge in [0.2, 0.25) is 0 Å². The molecule has 1 fully saturated rings. The van der Waals surface area contributed by atoms with Crippen molar-refractivity contribution in [2.45, 2.75) is 38.3 Å². The number of nitrogens with zero attached hydrogens (tertiary/aromatic N) is 3. The molecule has 0 N–H and O–H groups in total. The van der Waals surface area contributed by atoms with Gasteiger partial charge in [-0.05, 0) is 88.3 Å². The number of hydrogen-bond donors (Lipinski definition) is 0. The van der Waals surface area contributed by atoms with E-state index in [1.54, 1.807) is 24.4 Å². The first-order valence-electron chi connectivity index (χ1n) is 12.9. The van der Waals surface area contributed by atoms with E-state index in [0.29, 0.717) is 10.0 Å². The van der Waals surface area contributed by atoms with E-state index in [-0.39, 0.29) is 30.5 Å². The third kappa shape index (κ3) is 6.57. The van der Waals surface area contributed by atoms with Gasteiger partial charge in [0.15, 0.2) is 6.61 Å². The van der Waals surface area contributed by atoms with Crippen molar-refractivity contribution in [2.75, 3.05) is 6.61 Å². The Kier molecular flexibility index (Phi) is 8.88. The Bertz CT molecular complexity index is 1530. The number of esters is 1. The summed E-state index contributed by atoms with van der Waals surface area (Å²) >= 11 is 15.5. The maximum Gasteiger partial charge on any atom is 0.308 e. The Labute approximate surface area is 250 Å². The summed E-state index contributed by atoms with van der Waals surface area (Å²) in [5.41, 5.74) is 3.64. The first-order valence-corrected chi connectivity index (χ1v) is 14.5. The Morgan fingerprint density at radius 2 is 1.73 bits per heavy atom. The van der Waals surface area contributed by atoms with Gasteiger partial charge in [0.1, 0.15) is 0 Å². The summed E-state index contributed by atoms with van der Waals surface area (Å²) in [4.78, 5) is 37.9.